The van der Waals surface area contributed by atoms with Gasteiger partial charge in [0.2, 0.25) is 0 Å². The van der Waals surface area contributed by atoms with E-state index in [9.17, 15) is 8.42 Å². The lowest BCUT2D eigenvalue weighted by Crippen LogP contribution is -2.34. The zero-order chi connectivity index (χ0) is 12.2. The third-order valence-corrected chi connectivity index (χ3v) is 5.41. The molecule has 1 saturated carbocycles. The molecular formula is C12H25NO2S. The molecule has 0 spiro atoms. The molecule has 0 amide bonds. The molecule has 3 nitrogen and oxygen atoms in total. The highest BCUT2D eigenvalue weighted by Gasteiger charge is 2.28. The summed E-state index contributed by atoms with van der Waals surface area (Å²) in [5, 5.41) is 3.51. The summed E-state index contributed by atoms with van der Waals surface area (Å²) in [6.45, 7) is 7.01. The Morgan fingerprint density at radius 1 is 1.31 bits per heavy atom. The Labute approximate surface area is 99.9 Å². The molecule has 0 aromatic heterocycles. The fourth-order valence-corrected chi connectivity index (χ4v) is 2.71. The van der Waals surface area contributed by atoms with Gasteiger partial charge in [0.25, 0.3) is 0 Å². The SMILES string of the molecule is CCC(C)(CCS(=O)(=O)CC)CNC1CC1. The average molecular weight is 247 g/mol. The third kappa shape index (κ3) is 4.83. The molecule has 1 N–H and O–H groups in total. The summed E-state index contributed by atoms with van der Waals surface area (Å²) in [4.78, 5) is 0. The minimum atomic E-state index is -2.81. The fraction of sp³-hybridized carbons (Fsp3) is 1.00. The minimum absolute atomic E-state index is 0.130. The van der Waals surface area contributed by atoms with Gasteiger partial charge in [-0.05, 0) is 31.1 Å². The van der Waals surface area contributed by atoms with E-state index in [-0.39, 0.29) is 11.2 Å². The van der Waals surface area contributed by atoms with Gasteiger partial charge in [0.05, 0.1) is 5.75 Å². The van der Waals surface area contributed by atoms with Crippen LogP contribution in [0.15, 0.2) is 0 Å². The maximum Gasteiger partial charge on any atom is 0.150 e. The number of nitrogens with one attached hydrogen (secondary N) is 1. The molecule has 1 fully saturated rings. The van der Waals surface area contributed by atoms with Crippen LogP contribution in [0, 0.1) is 5.41 Å². The summed E-state index contributed by atoms with van der Waals surface area (Å²) in [6, 6.07) is 0.702. The van der Waals surface area contributed by atoms with Crippen molar-refractivity contribution in [3.63, 3.8) is 0 Å². The molecule has 96 valence electrons. The first-order valence-electron chi connectivity index (χ1n) is 6.34. The molecule has 1 aliphatic carbocycles. The van der Waals surface area contributed by atoms with Gasteiger partial charge >= 0.3 is 0 Å². The van der Waals surface area contributed by atoms with E-state index in [0.717, 1.165) is 19.4 Å². The summed E-state index contributed by atoms with van der Waals surface area (Å²) in [6.07, 6.45) is 4.38. The van der Waals surface area contributed by atoms with Crippen LogP contribution in [-0.4, -0.2) is 32.5 Å². The van der Waals surface area contributed by atoms with Gasteiger partial charge in [-0.3, -0.25) is 0 Å². The molecule has 1 rings (SSSR count). The Hall–Kier alpha value is -0.0900. The second-order valence-electron chi connectivity index (χ2n) is 5.31. The van der Waals surface area contributed by atoms with Crippen LogP contribution in [0.25, 0.3) is 0 Å². The molecule has 0 aromatic rings. The van der Waals surface area contributed by atoms with Crippen LogP contribution < -0.4 is 5.32 Å². The third-order valence-electron chi connectivity index (χ3n) is 3.70. The topological polar surface area (TPSA) is 46.2 Å². The van der Waals surface area contributed by atoms with Gasteiger partial charge in [0.1, 0.15) is 9.84 Å². The fourth-order valence-electron chi connectivity index (χ4n) is 1.61. The van der Waals surface area contributed by atoms with Crippen molar-refractivity contribution in [3.8, 4) is 0 Å². The molecule has 0 heterocycles. The van der Waals surface area contributed by atoms with Gasteiger partial charge in [0.15, 0.2) is 0 Å². The maximum atomic E-state index is 11.5. The van der Waals surface area contributed by atoms with Gasteiger partial charge in [-0.2, -0.15) is 0 Å². The molecular weight excluding hydrogens is 222 g/mol. The number of rotatable bonds is 8. The normalized spacial score (nSPS) is 20.7. The van der Waals surface area contributed by atoms with Gasteiger partial charge in [-0.25, -0.2) is 8.42 Å². The Kier molecular flexibility index (Phi) is 4.80. The standard InChI is InChI=1S/C12H25NO2S/c1-4-12(3,10-13-11-6-7-11)8-9-16(14,15)5-2/h11,13H,4-10H2,1-3H3. The molecule has 16 heavy (non-hydrogen) atoms. The number of hydrogen-bond acceptors (Lipinski definition) is 3. The Morgan fingerprint density at radius 3 is 2.38 bits per heavy atom. The molecule has 0 aliphatic heterocycles. The Bertz CT molecular complexity index is 309. The summed E-state index contributed by atoms with van der Waals surface area (Å²) in [5.41, 5.74) is 0.130. The van der Waals surface area contributed by atoms with Crippen molar-refractivity contribution in [1.29, 1.82) is 0 Å². The lowest BCUT2D eigenvalue weighted by Gasteiger charge is -2.28. The first-order chi connectivity index (χ1) is 7.41. The zero-order valence-corrected chi connectivity index (χ0v) is 11.6. The lowest BCUT2D eigenvalue weighted by atomic mass is 9.84. The highest BCUT2D eigenvalue weighted by Crippen LogP contribution is 2.28. The first-order valence-corrected chi connectivity index (χ1v) is 8.17. The van der Waals surface area contributed by atoms with E-state index in [1.807, 2.05) is 0 Å². The van der Waals surface area contributed by atoms with Crippen molar-refractivity contribution in [2.24, 2.45) is 5.41 Å². The van der Waals surface area contributed by atoms with Crippen LogP contribution in [0.1, 0.15) is 46.5 Å². The highest BCUT2D eigenvalue weighted by molar-refractivity contribution is 7.91. The van der Waals surface area contributed by atoms with Crippen molar-refractivity contribution in [2.45, 2.75) is 52.5 Å². The molecule has 1 aliphatic rings. The summed E-state index contributed by atoms with van der Waals surface area (Å²) >= 11 is 0. The minimum Gasteiger partial charge on any atom is -0.313 e. The van der Waals surface area contributed by atoms with E-state index in [4.69, 9.17) is 0 Å². The maximum absolute atomic E-state index is 11.5. The van der Waals surface area contributed by atoms with Crippen molar-refractivity contribution in [2.75, 3.05) is 18.1 Å². The largest absolute Gasteiger partial charge is 0.313 e. The van der Waals surface area contributed by atoms with Crippen molar-refractivity contribution in [1.82, 2.24) is 5.32 Å². The monoisotopic (exact) mass is 247 g/mol. The van der Waals surface area contributed by atoms with Crippen LogP contribution in [-0.2, 0) is 9.84 Å². The summed E-state index contributed by atoms with van der Waals surface area (Å²) in [7, 11) is -2.81. The van der Waals surface area contributed by atoms with Crippen LogP contribution >= 0.6 is 0 Å². The smallest absolute Gasteiger partial charge is 0.150 e. The van der Waals surface area contributed by atoms with Gasteiger partial charge in [-0.15, -0.1) is 0 Å². The highest BCUT2D eigenvalue weighted by atomic mass is 32.2. The first kappa shape index (κ1) is 14.0. The second kappa shape index (κ2) is 5.50. The van der Waals surface area contributed by atoms with Crippen LogP contribution in [0.4, 0.5) is 0 Å². The number of hydrogen-bond donors (Lipinski definition) is 1. The van der Waals surface area contributed by atoms with E-state index >= 15 is 0 Å². The Balaban J connectivity index is 2.38. The Morgan fingerprint density at radius 2 is 1.94 bits per heavy atom. The number of sulfone groups is 1. The van der Waals surface area contributed by atoms with Gasteiger partial charge in [-0.1, -0.05) is 20.8 Å². The summed E-state index contributed by atoms with van der Waals surface area (Å²) < 4.78 is 23.0. The van der Waals surface area contributed by atoms with E-state index in [1.165, 1.54) is 12.8 Å². The predicted molar refractivity (Wildman–Crippen MR) is 68.4 cm³/mol. The molecule has 0 saturated heterocycles. The van der Waals surface area contributed by atoms with Crippen LogP contribution in [0.2, 0.25) is 0 Å². The van der Waals surface area contributed by atoms with Crippen molar-refractivity contribution in [3.05, 3.63) is 0 Å². The molecule has 1 unspecified atom stereocenters. The quantitative estimate of drug-likeness (QED) is 0.713. The zero-order valence-electron chi connectivity index (χ0n) is 10.8. The van der Waals surface area contributed by atoms with E-state index < -0.39 is 9.84 Å². The molecule has 1 atom stereocenters. The van der Waals surface area contributed by atoms with Crippen molar-refractivity contribution < 1.29 is 8.42 Å². The van der Waals surface area contributed by atoms with Gasteiger partial charge < -0.3 is 5.32 Å². The molecule has 0 bridgehead atoms. The predicted octanol–water partition coefficient (Wildman–Crippen LogP) is 1.98. The second-order valence-corrected chi connectivity index (χ2v) is 7.78. The molecule has 4 heteroatoms. The van der Waals surface area contributed by atoms with Crippen LogP contribution in [0.5, 0.6) is 0 Å². The molecule has 0 aromatic carbocycles. The molecule has 0 radical (unpaired) electrons. The van der Waals surface area contributed by atoms with E-state index in [2.05, 4.69) is 19.2 Å². The average Bonchev–Trinajstić information content (AvgIpc) is 3.08. The van der Waals surface area contributed by atoms with Crippen LogP contribution in [0.3, 0.4) is 0 Å². The van der Waals surface area contributed by atoms with Crippen molar-refractivity contribution >= 4 is 9.84 Å². The lowest BCUT2D eigenvalue weighted by molar-refractivity contribution is 0.281. The van der Waals surface area contributed by atoms with E-state index in [1.54, 1.807) is 6.92 Å². The van der Waals surface area contributed by atoms with E-state index in [0.29, 0.717) is 11.8 Å². The van der Waals surface area contributed by atoms with Gasteiger partial charge in [0, 0.05) is 18.3 Å². The summed E-state index contributed by atoms with van der Waals surface area (Å²) in [5.74, 6) is 0.600.